The molecule has 84 valence electrons. The van der Waals surface area contributed by atoms with Crippen LogP contribution in [0.5, 0.6) is 0 Å². The summed E-state index contributed by atoms with van der Waals surface area (Å²) in [6.07, 6.45) is 1.02. The highest BCUT2D eigenvalue weighted by Gasteiger charge is 2.20. The smallest absolute Gasteiger partial charge is 0.407 e. The van der Waals surface area contributed by atoms with Crippen LogP contribution in [0.1, 0.15) is 5.56 Å². The number of nitrogens with zero attached hydrogens (tertiary/aromatic N) is 1. The van der Waals surface area contributed by atoms with E-state index >= 15 is 0 Å². The second kappa shape index (κ2) is 4.92. The van der Waals surface area contributed by atoms with Crippen molar-refractivity contribution < 1.29 is 14.8 Å². The maximum atomic E-state index is 10.5. The summed E-state index contributed by atoms with van der Waals surface area (Å²) < 4.78 is 0. The van der Waals surface area contributed by atoms with Crippen LogP contribution in [0.4, 0.5) is 5.69 Å². The molecule has 1 rings (SSSR count). The summed E-state index contributed by atoms with van der Waals surface area (Å²) >= 11 is 0. The second-order valence-corrected chi connectivity index (χ2v) is 2.96. The van der Waals surface area contributed by atoms with E-state index in [9.17, 15) is 14.9 Å². The maximum Gasteiger partial charge on any atom is 0.407 e. The minimum atomic E-state index is -1.55. The van der Waals surface area contributed by atoms with Gasteiger partial charge in [-0.15, -0.1) is 0 Å². The van der Waals surface area contributed by atoms with Gasteiger partial charge in [-0.1, -0.05) is 12.1 Å². The van der Waals surface area contributed by atoms with Crippen molar-refractivity contribution in [1.82, 2.24) is 0 Å². The maximum absolute atomic E-state index is 10.5. The van der Waals surface area contributed by atoms with Crippen LogP contribution in [-0.2, 0) is 4.79 Å². The predicted molar refractivity (Wildman–Crippen MR) is 58.6 cm³/mol. The number of rotatable bonds is 4. The normalized spacial score (nSPS) is 10.9. The van der Waals surface area contributed by atoms with Crippen LogP contribution in [0.3, 0.4) is 0 Å². The second-order valence-electron chi connectivity index (χ2n) is 2.96. The Kier molecular flexibility index (Phi) is 3.60. The monoisotopic (exact) mass is 222 g/mol. The van der Waals surface area contributed by atoms with Crippen molar-refractivity contribution in [3.05, 3.63) is 45.6 Å². The first-order valence-electron chi connectivity index (χ1n) is 4.42. The van der Waals surface area contributed by atoms with Crippen molar-refractivity contribution >= 4 is 17.7 Å². The summed E-state index contributed by atoms with van der Waals surface area (Å²) in [7, 11) is 1.74. The molecule has 1 aromatic rings. The molecule has 0 aliphatic heterocycles. The standard InChI is InChI=1S/C10H10N2O4/c1-11-8-4-2-7(3-5-8)6-9(10(13)14)12(15)16/h2-6,11H,1H3,(H,13,14)/b9-6-. The molecule has 0 atom stereocenters. The summed E-state index contributed by atoms with van der Waals surface area (Å²) in [5, 5.41) is 21.9. The lowest BCUT2D eigenvalue weighted by Crippen LogP contribution is -2.09. The molecule has 0 saturated carbocycles. The Labute approximate surface area is 91.4 Å². The molecule has 0 radical (unpaired) electrons. The number of nitrogens with one attached hydrogen (secondary N) is 1. The highest BCUT2D eigenvalue weighted by atomic mass is 16.6. The zero-order chi connectivity index (χ0) is 12.1. The van der Waals surface area contributed by atoms with Gasteiger partial charge in [-0.2, -0.15) is 0 Å². The molecule has 0 bridgehead atoms. The van der Waals surface area contributed by atoms with Gasteiger partial charge in [-0.05, 0) is 17.7 Å². The van der Waals surface area contributed by atoms with Gasteiger partial charge in [0.2, 0.25) is 0 Å². The van der Waals surface area contributed by atoms with Gasteiger partial charge in [0.25, 0.3) is 0 Å². The molecule has 0 unspecified atom stereocenters. The van der Waals surface area contributed by atoms with Crippen LogP contribution < -0.4 is 5.32 Å². The van der Waals surface area contributed by atoms with Crippen molar-refractivity contribution in [2.75, 3.05) is 12.4 Å². The van der Waals surface area contributed by atoms with Gasteiger partial charge in [0.15, 0.2) is 0 Å². The van der Waals surface area contributed by atoms with Crippen LogP contribution >= 0.6 is 0 Å². The number of nitro groups is 1. The van der Waals surface area contributed by atoms with Gasteiger partial charge in [-0.25, -0.2) is 4.79 Å². The molecule has 2 N–H and O–H groups in total. The highest BCUT2D eigenvalue weighted by Crippen LogP contribution is 2.12. The molecule has 0 heterocycles. The van der Waals surface area contributed by atoms with E-state index in [1.165, 1.54) is 0 Å². The molecule has 0 spiro atoms. The number of aliphatic carboxylic acids is 1. The van der Waals surface area contributed by atoms with E-state index in [-0.39, 0.29) is 0 Å². The van der Waals surface area contributed by atoms with Crippen molar-refractivity contribution in [3.8, 4) is 0 Å². The molecule has 0 aliphatic carbocycles. The molecule has 0 aliphatic rings. The lowest BCUT2D eigenvalue weighted by atomic mass is 10.2. The van der Waals surface area contributed by atoms with Gasteiger partial charge in [0, 0.05) is 18.8 Å². The fraction of sp³-hybridized carbons (Fsp3) is 0.100. The Bertz CT molecular complexity index is 421. The van der Waals surface area contributed by atoms with E-state index in [1.54, 1.807) is 31.3 Å². The lowest BCUT2D eigenvalue weighted by molar-refractivity contribution is -0.419. The topological polar surface area (TPSA) is 92.5 Å². The Hall–Kier alpha value is -2.37. The Morgan fingerprint density at radius 3 is 2.38 bits per heavy atom. The van der Waals surface area contributed by atoms with E-state index < -0.39 is 16.6 Å². The third kappa shape index (κ3) is 2.81. The molecular formula is C10H10N2O4. The minimum absolute atomic E-state index is 0.466. The average Bonchev–Trinajstić information content (AvgIpc) is 2.25. The Morgan fingerprint density at radius 1 is 1.44 bits per heavy atom. The number of carbonyl (C=O) groups is 1. The zero-order valence-electron chi connectivity index (χ0n) is 8.51. The third-order valence-corrected chi connectivity index (χ3v) is 1.92. The fourth-order valence-electron chi connectivity index (χ4n) is 1.10. The molecule has 6 heteroatoms. The predicted octanol–water partition coefficient (Wildman–Crippen LogP) is 1.43. The molecule has 1 aromatic carbocycles. The number of carboxylic acids is 1. The fourth-order valence-corrected chi connectivity index (χ4v) is 1.10. The lowest BCUT2D eigenvalue weighted by Gasteiger charge is -1.99. The Balaban J connectivity index is 3.04. The number of benzene rings is 1. The first-order valence-corrected chi connectivity index (χ1v) is 4.42. The van der Waals surface area contributed by atoms with E-state index in [0.29, 0.717) is 5.56 Å². The quantitative estimate of drug-likeness (QED) is 0.456. The van der Waals surface area contributed by atoms with E-state index in [1.807, 2.05) is 0 Å². The van der Waals surface area contributed by atoms with Gasteiger partial charge in [0.05, 0.1) is 4.92 Å². The number of hydrogen-bond donors (Lipinski definition) is 2. The van der Waals surface area contributed by atoms with Crippen molar-refractivity contribution in [3.63, 3.8) is 0 Å². The highest BCUT2D eigenvalue weighted by molar-refractivity contribution is 5.89. The first-order chi connectivity index (χ1) is 7.54. The van der Waals surface area contributed by atoms with E-state index in [0.717, 1.165) is 11.8 Å². The molecule has 6 nitrogen and oxygen atoms in total. The first kappa shape index (κ1) is 11.7. The summed E-state index contributed by atoms with van der Waals surface area (Å²) in [5.74, 6) is -1.55. The van der Waals surface area contributed by atoms with Crippen LogP contribution in [0.25, 0.3) is 6.08 Å². The molecule has 16 heavy (non-hydrogen) atoms. The summed E-state index contributed by atoms with van der Waals surface area (Å²) in [4.78, 5) is 20.0. The molecule has 0 saturated heterocycles. The number of hydrogen-bond acceptors (Lipinski definition) is 4. The molecule has 0 fully saturated rings. The molecule has 0 amide bonds. The SMILES string of the molecule is CNc1ccc(/C=C(/C(=O)O)[N+](=O)[O-])cc1. The van der Waals surface area contributed by atoms with Gasteiger partial charge >= 0.3 is 11.7 Å². The van der Waals surface area contributed by atoms with Crippen molar-refractivity contribution in [2.24, 2.45) is 0 Å². The van der Waals surface area contributed by atoms with E-state index in [2.05, 4.69) is 5.32 Å². The van der Waals surface area contributed by atoms with Crippen LogP contribution in [0.2, 0.25) is 0 Å². The summed E-state index contributed by atoms with van der Waals surface area (Å²) in [6.45, 7) is 0. The Morgan fingerprint density at radius 2 is 2.00 bits per heavy atom. The van der Waals surface area contributed by atoms with Crippen LogP contribution in [-0.4, -0.2) is 23.0 Å². The van der Waals surface area contributed by atoms with Crippen molar-refractivity contribution in [2.45, 2.75) is 0 Å². The summed E-state index contributed by atoms with van der Waals surface area (Å²) in [6, 6.07) is 6.59. The zero-order valence-corrected chi connectivity index (χ0v) is 8.51. The van der Waals surface area contributed by atoms with Crippen LogP contribution in [0.15, 0.2) is 30.0 Å². The molecular weight excluding hydrogens is 212 g/mol. The number of carboxylic acid groups (broad SMARTS) is 1. The molecule has 0 aromatic heterocycles. The minimum Gasteiger partial charge on any atom is -0.473 e. The summed E-state index contributed by atoms with van der Waals surface area (Å²) in [5.41, 5.74) is 0.459. The largest absolute Gasteiger partial charge is 0.473 e. The van der Waals surface area contributed by atoms with Crippen LogP contribution in [0, 0.1) is 10.1 Å². The average molecular weight is 222 g/mol. The third-order valence-electron chi connectivity index (χ3n) is 1.92. The van der Waals surface area contributed by atoms with Gasteiger partial charge in [-0.3, -0.25) is 10.1 Å². The van der Waals surface area contributed by atoms with E-state index in [4.69, 9.17) is 5.11 Å². The number of anilines is 1. The van der Waals surface area contributed by atoms with Crippen molar-refractivity contribution in [1.29, 1.82) is 0 Å². The van der Waals surface area contributed by atoms with Gasteiger partial charge in [0.1, 0.15) is 0 Å². The van der Waals surface area contributed by atoms with Gasteiger partial charge < -0.3 is 10.4 Å².